The molecule has 2 atom stereocenters. The molecule has 0 spiro atoms. The predicted molar refractivity (Wildman–Crippen MR) is 83.5 cm³/mol. The number of anilines is 1. The Morgan fingerprint density at radius 3 is 3.14 bits per heavy atom. The van der Waals surface area contributed by atoms with E-state index in [1.807, 2.05) is 17.6 Å². The van der Waals surface area contributed by atoms with E-state index in [4.69, 9.17) is 4.74 Å². The highest BCUT2D eigenvalue weighted by Gasteiger charge is 2.28. The second kappa shape index (κ2) is 6.02. The van der Waals surface area contributed by atoms with E-state index >= 15 is 0 Å². The number of nitrogens with one attached hydrogen (secondary N) is 1. The van der Waals surface area contributed by atoms with Crippen molar-refractivity contribution < 1.29 is 4.74 Å². The molecule has 114 valence electrons. The molecule has 0 aromatic carbocycles. The molecule has 2 aromatic rings. The molecular formula is C16H24N4O. The molecule has 3 rings (SSSR count). The van der Waals surface area contributed by atoms with Crippen molar-refractivity contribution in [1.82, 2.24) is 14.6 Å². The smallest absolute Gasteiger partial charge is 0.152 e. The van der Waals surface area contributed by atoms with Crippen LogP contribution in [0.25, 0.3) is 5.52 Å². The van der Waals surface area contributed by atoms with E-state index in [2.05, 4.69) is 35.3 Å². The Labute approximate surface area is 125 Å². The minimum absolute atomic E-state index is 0.345. The zero-order chi connectivity index (χ0) is 14.8. The topological polar surface area (TPSA) is 51.5 Å². The average molecular weight is 288 g/mol. The lowest BCUT2D eigenvalue weighted by atomic mass is 9.87. The molecule has 0 aliphatic carbocycles. The van der Waals surface area contributed by atoms with Gasteiger partial charge in [-0.1, -0.05) is 13.8 Å². The first kappa shape index (κ1) is 14.3. The Hall–Kier alpha value is -1.62. The summed E-state index contributed by atoms with van der Waals surface area (Å²) in [6.07, 6.45) is 6.39. The third-order valence-electron chi connectivity index (χ3n) is 4.19. The standard InChI is InChI=1S/C16H24N4O/c1-11(2)15-13(5-4-8-21-15)10-18-16-14-9-12(3)19-20(14)7-6-17-16/h6-7,9,11,13,15H,4-5,8,10H2,1-3H3,(H,17,18). The number of rotatable bonds is 4. The van der Waals surface area contributed by atoms with Crippen LogP contribution in [0.4, 0.5) is 5.82 Å². The number of aryl methyl sites for hydroxylation is 1. The summed E-state index contributed by atoms with van der Waals surface area (Å²) in [4.78, 5) is 4.46. The Morgan fingerprint density at radius 2 is 2.33 bits per heavy atom. The molecule has 1 N–H and O–H groups in total. The van der Waals surface area contributed by atoms with Gasteiger partial charge in [-0.15, -0.1) is 0 Å². The van der Waals surface area contributed by atoms with Crippen molar-refractivity contribution in [2.24, 2.45) is 11.8 Å². The second-order valence-corrected chi connectivity index (χ2v) is 6.25. The van der Waals surface area contributed by atoms with Crippen molar-refractivity contribution in [3.8, 4) is 0 Å². The molecule has 5 heteroatoms. The van der Waals surface area contributed by atoms with Crippen LogP contribution in [-0.4, -0.2) is 33.9 Å². The molecule has 1 aliphatic heterocycles. The van der Waals surface area contributed by atoms with Gasteiger partial charge < -0.3 is 10.1 Å². The van der Waals surface area contributed by atoms with Crippen LogP contribution in [0.2, 0.25) is 0 Å². The van der Waals surface area contributed by atoms with Crippen molar-refractivity contribution in [3.63, 3.8) is 0 Å². The highest BCUT2D eigenvalue weighted by Crippen LogP contribution is 2.27. The van der Waals surface area contributed by atoms with E-state index in [9.17, 15) is 0 Å². The van der Waals surface area contributed by atoms with Crippen molar-refractivity contribution in [2.75, 3.05) is 18.5 Å². The Morgan fingerprint density at radius 1 is 1.48 bits per heavy atom. The third kappa shape index (κ3) is 3.02. The average Bonchev–Trinajstić information content (AvgIpc) is 2.86. The number of fused-ring (bicyclic) bond motifs is 1. The van der Waals surface area contributed by atoms with Crippen LogP contribution in [0.1, 0.15) is 32.4 Å². The van der Waals surface area contributed by atoms with E-state index in [0.29, 0.717) is 17.9 Å². The van der Waals surface area contributed by atoms with E-state index in [-0.39, 0.29) is 0 Å². The van der Waals surface area contributed by atoms with Gasteiger partial charge in [-0.25, -0.2) is 9.50 Å². The Bertz CT molecular complexity index is 607. The molecule has 1 fully saturated rings. The van der Waals surface area contributed by atoms with Crippen LogP contribution < -0.4 is 5.32 Å². The highest BCUT2D eigenvalue weighted by molar-refractivity contribution is 5.67. The molecule has 1 aliphatic rings. The summed E-state index contributed by atoms with van der Waals surface area (Å²) in [6.45, 7) is 8.28. The summed E-state index contributed by atoms with van der Waals surface area (Å²) in [5, 5.41) is 7.93. The van der Waals surface area contributed by atoms with Gasteiger partial charge in [-0.3, -0.25) is 0 Å². The summed E-state index contributed by atoms with van der Waals surface area (Å²) in [5.74, 6) is 2.01. The van der Waals surface area contributed by atoms with Gasteiger partial charge in [0.05, 0.1) is 11.8 Å². The van der Waals surface area contributed by atoms with Gasteiger partial charge in [0.25, 0.3) is 0 Å². The lowest BCUT2D eigenvalue weighted by molar-refractivity contribution is -0.0480. The molecular weight excluding hydrogens is 264 g/mol. The third-order valence-corrected chi connectivity index (χ3v) is 4.19. The largest absolute Gasteiger partial charge is 0.378 e. The minimum atomic E-state index is 0.345. The van der Waals surface area contributed by atoms with Gasteiger partial charge in [0, 0.05) is 31.5 Å². The maximum atomic E-state index is 5.95. The van der Waals surface area contributed by atoms with Crippen LogP contribution >= 0.6 is 0 Å². The van der Waals surface area contributed by atoms with E-state index in [0.717, 1.165) is 36.6 Å². The van der Waals surface area contributed by atoms with Crippen molar-refractivity contribution >= 4 is 11.3 Å². The van der Waals surface area contributed by atoms with Crippen LogP contribution in [0.5, 0.6) is 0 Å². The number of ether oxygens (including phenoxy) is 1. The first-order valence-corrected chi connectivity index (χ1v) is 7.81. The highest BCUT2D eigenvalue weighted by atomic mass is 16.5. The fourth-order valence-corrected chi connectivity index (χ4v) is 3.23. The van der Waals surface area contributed by atoms with E-state index < -0.39 is 0 Å². The number of hydrogen-bond donors (Lipinski definition) is 1. The molecule has 5 nitrogen and oxygen atoms in total. The summed E-state index contributed by atoms with van der Waals surface area (Å²) in [6, 6.07) is 2.06. The van der Waals surface area contributed by atoms with Crippen LogP contribution in [0.15, 0.2) is 18.5 Å². The van der Waals surface area contributed by atoms with Gasteiger partial charge in [0.2, 0.25) is 0 Å². The summed E-state index contributed by atoms with van der Waals surface area (Å²) >= 11 is 0. The van der Waals surface area contributed by atoms with Crippen molar-refractivity contribution in [3.05, 3.63) is 24.2 Å². The Balaban J connectivity index is 1.73. The minimum Gasteiger partial charge on any atom is -0.378 e. The zero-order valence-corrected chi connectivity index (χ0v) is 13.0. The molecule has 21 heavy (non-hydrogen) atoms. The van der Waals surface area contributed by atoms with Crippen LogP contribution in [0, 0.1) is 18.8 Å². The predicted octanol–water partition coefficient (Wildman–Crippen LogP) is 2.90. The second-order valence-electron chi connectivity index (χ2n) is 6.25. The van der Waals surface area contributed by atoms with Gasteiger partial charge in [0.15, 0.2) is 5.82 Å². The molecule has 0 bridgehead atoms. The molecule has 1 saturated heterocycles. The van der Waals surface area contributed by atoms with Crippen molar-refractivity contribution in [2.45, 2.75) is 39.7 Å². The first-order valence-electron chi connectivity index (χ1n) is 7.81. The van der Waals surface area contributed by atoms with Crippen LogP contribution in [-0.2, 0) is 4.74 Å². The maximum absolute atomic E-state index is 5.95. The normalized spacial score (nSPS) is 22.9. The maximum Gasteiger partial charge on any atom is 0.152 e. The van der Waals surface area contributed by atoms with Gasteiger partial charge in [-0.05, 0) is 31.7 Å². The summed E-state index contributed by atoms with van der Waals surface area (Å²) in [7, 11) is 0. The first-order chi connectivity index (χ1) is 10.1. The molecule has 2 unspecified atom stereocenters. The zero-order valence-electron chi connectivity index (χ0n) is 13.0. The number of hydrogen-bond acceptors (Lipinski definition) is 4. The Kier molecular flexibility index (Phi) is 4.10. The van der Waals surface area contributed by atoms with Gasteiger partial charge in [-0.2, -0.15) is 5.10 Å². The summed E-state index contributed by atoms with van der Waals surface area (Å²) < 4.78 is 7.83. The number of nitrogens with zero attached hydrogens (tertiary/aromatic N) is 3. The number of aromatic nitrogens is 3. The molecule has 2 aromatic heterocycles. The molecule has 0 amide bonds. The summed E-state index contributed by atoms with van der Waals surface area (Å²) in [5.41, 5.74) is 2.04. The monoisotopic (exact) mass is 288 g/mol. The van der Waals surface area contributed by atoms with Crippen molar-refractivity contribution in [1.29, 1.82) is 0 Å². The molecule has 0 saturated carbocycles. The SMILES string of the molecule is Cc1cc2c(NCC3CCCOC3C(C)C)nccn2n1. The quantitative estimate of drug-likeness (QED) is 0.940. The van der Waals surface area contributed by atoms with E-state index in [1.165, 1.54) is 6.42 Å². The molecule has 0 radical (unpaired) electrons. The van der Waals surface area contributed by atoms with E-state index in [1.54, 1.807) is 6.20 Å². The van der Waals surface area contributed by atoms with Gasteiger partial charge in [0.1, 0.15) is 5.52 Å². The fourth-order valence-electron chi connectivity index (χ4n) is 3.23. The fraction of sp³-hybridized carbons (Fsp3) is 0.625. The van der Waals surface area contributed by atoms with Gasteiger partial charge >= 0.3 is 0 Å². The van der Waals surface area contributed by atoms with Crippen LogP contribution in [0.3, 0.4) is 0 Å². The molecule has 3 heterocycles. The lowest BCUT2D eigenvalue weighted by Crippen LogP contribution is -2.37. The lowest BCUT2D eigenvalue weighted by Gasteiger charge is -2.34.